The molecule has 0 aliphatic carbocycles. The Kier molecular flexibility index (Phi) is 4.85. The first kappa shape index (κ1) is 16.8. The number of thiazole rings is 1. The van der Waals surface area contributed by atoms with Gasteiger partial charge in [-0.3, -0.25) is 20.2 Å². The smallest absolute Gasteiger partial charge is 0.272 e. The lowest BCUT2D eigenvalue weighted by atomic mass is 10.1. The predicted molar refractivity (Wildman–Crippen MR) is 97.1 cm³/mol. The number of nitrogens with one attached hydrogen (secondary N) is 1. The average Bonchev–Trinajstić information content (AvgIpc) is 3.02. The number of nitrogens with zero attached hydrogens (tertiary/aromatic N) is 2. The number of hydrogen-bond acceptors (Lipinski definition) is 5. The van der Waals surface area contributed by atoms with Crippen LogP contribution in [0.3, 0.4) is 0 Å². The number of amides is 1. The number of hydrogen-bond donors (Lipinski definition) is 1. The van der Waals surface area contributed by atoms with Crippen LogP contribution in [0.5, 0.6) is 0 Å². The summed E-state index contributed by atoms with van der Waals surface area (Å²) in [6.45, 7) is 1.61. The fraction of sp³-hybridized carbons (Fsp3) is 0.111. The van der Waals surface area contributed by atoms with Crippen molar-refractivity contribution in [2.45, 2.75) is 13.3 Å². The Hall–Kier alpha value is -3.06. The normalized spacial score (nSPS) is 10.4. The summed E-state index contributed by atoms with van der Waals surface area (Å²) < 4.78 is 0. The molecule has 25 heavy (non-hydrogen) atoms. The van der Waals surface area contributed by atoms with Crippen molar-refractivity contribution in [1.82, 2.24) is 4.98 Å². The molecule has 3 aromatic rings. The number of benzene rings is 2. The number of nitro benzene ring substituents is 1. The van der Waals surface area contributed by atoms with E-state index in [1.54, 1.807) is 13.1 Å². The number of carbonyl (C=O) groups is 1. The molecular formula is C18H15N3O3S. The van der Waals surface area contributed by atoms with Crippen LogP contribution in [0.15, 0.2) is 54.7 Å². The monoisotopic (exact) mass is 353 g/mol. The third-order valence-electron chi connectivity index (χ3n) is 3.65. The minimum atomic E-state index is -0.465. The van der Waals surface area contributed by atoms with Gasteiger partial charge in [-0.2, -0.15) is 0 Å². The summed E-state index contributed by atoms with van der Waals surface area (Å²) in [5.41, 5.74) is 1.98. The lowest BCUT2D eigenvalue weighted by molar-refractivity contribution is -0.385. The molecule has 0 radical (unpaired) electrons. The highest BCUT2D eigenvalue weighted by Crippen LogP contribution is 2.23. The van der Waals surface area contributed by atoms with Crippen molar-refractivity contribution in [3.63, 3.8) is 0 Å². The Balaban J connectivity index is 1.69. The molecule has 0 aliphatic heterocycles. The highest BCUT2D eigenvalue weighted by Gasteiger charge is 2.15. The van der Waals surface area contributed by atoms with E-state index in [0.717, 1.165) is 11.3 Å². The number of anilines is 1. The fourth-order valence-corrected chi connectivity index (χ4v) is 3.26. The standard InChI is InChI=1S/C18H15N3O3S/c1-12-9-14(7-8-16(12)21(23)24)17(22)20-18-19-11-15(25-18)10-13-5-3-2-4-6-13/h2-9,11H,10H2,1H3,(H,19,20,22). The Morgan fingerprint density at radius 2 is 2.00 bits per heavy atom. The largest absolute Gasteiger partial charge is 0.298 e. The van der Waals surface area contributed by atoms with Crippen LogP contribution in [0.25, 0.3) is 0 Å². The quantitative estimate of drug-likeness (QED) is 0.550. The minimum absolute atomic E-state index is 0.00375. The molecule has 1 aromatic heterocycles. The average molecular weight is 353 g/mol. The van der Waals surface area contributed by atoms with E-state index in [0.29, 0.717) is 16.3 Å². The third kappa shape index (κ3) is 4.07. The van der Waals surface area contributed by atoms with Crippen LogP contribution < -0.4 is 5.32 Å². The second-order valence-corrected chi connectivity index (χ2v) is 6.62. The first-order chi connectivity index (χ1) is 12.0. The molecule has 3 rings (SSSR count). The van der Waals surface area contributed by atoms with Gasteiger partial charge in [-0.1, -0.05) is 30.3 Å². The van der Waals surface area contributed by atoms with E-state index in [1.165, 1.54) is 35.1 Å². The Morgan fingerprint density at radius 1 is 1.24 bits per heavy atom. The van der Waals surface area contributed by atoms with Gasteiger partial charge in [-0.25, -0.2) is 4.98 Å². The molecular weight excluding hydrogens is 338 g/mol. The third-order valence-corrected chi connectivity index (χ3v) is 4.56. The van der Waals surface area contributed by atoms with Gasteiger partial charge in [0.2, 0.25) is 0 Å². The van der Waals surface area contributed by atoms with Crippen molar-refractivity contribution in [3.05, 3.63) is 86.4 Å². The molecule has 0 atom stereocenters. The summed E-state index contributed by atoms with van der Waals surface area (Å²) >= 11 is 1.41. The predicted octanol–water partition coefficient (Wildman–Crippen LogP) is 4.20. The maximum absolute atomic E-state index is 12.3. The van der Waals surface area contributed by atoms with Crippen molar-refractivity contribution in [2.75, 3.05) is 5.32 Å². The molecule has 6 nitrogen and oxygen atoms in total. The summed E-state index contributed by atoms with van der Waals surface area (Å²) in [6.07, 6.45) is 2.50. The topological polar surface area (TPSA) is 85.1 Å². The van der Waals surface area contributed by atoms with E-state index in [4.69, 9.17) is 0 Å². The van der Waals surface area contributed by atoms with E-state index in [-0.39, 0.29) is 11.6 Å². The molecule has 126 valence electrons. The SMILES string of the molecule is Cc1cc(C(=O)Nc2ncc(Cc3ccccc3)s2)ccc1[N+](=O)[O-]. The first-order valence-electron chi connectivity index (χ1n) is 7.58. The first-order valence-corrected chi connectivity index (χ1v) is 8.39. The second kappa shape index (κ2) is 7.23. The Morgan fingerprint density at radius 3 is 2.68 bits per heavy atom. The van der Waals surface area contributed by atoms with Gasteiger partial charge in [0.1, 0.15) is 0 Å². The molecule has 2 aromatic carbocycles. The van der Waals surface area contributed by atoms with E-state index >= 15 is 0 Å². The van der Waals surface area contributed by atoms with Gasteiger partial charge in [0.25, 0.3) is 11.6 Å². The van der Waals surface area contributed by atoms with Gasteiger partial charge < -0.3 is 0 Å². The van der Waals surface area contributed by atoms with Crippen LogP contribution >= 0.6 is 11.3 Å². The molecule has 0 saturated heterocycles. The number of rotatable bonds is 5. The maximum Gasteiger partial charge on any atom is 0.272 e. The van der Waals surface area contributed by atoms with Crippen molar-refractivity contribution < 1.29 is 9.72 Å². The zero-order valence-electron chi connectivity index (χ0n) is 13.4. The lowest BCUT2D eigenvalue weighted by Crippen LogP contribution is -2.12. The number of nitro groups is 1. The van der Waals surface area contributed by atoms with Crippen LogP contribution in [0.4, 0.5) is 10.8 Å². The summed E-state index contributed by atoms with van der Waals surface area (Å²) in [5.74, 6) is -0.335. The van der Waals surface area contributed by atoms with E-state index in [1.807, 2.05) is 30.3 Å². The van der Waals surface area contributed by atoms with Crippen LogP contribution in [0.1, 0.15) is 26.4 Å². The molecule has 0 unspecified atom stereocenters. The fourth-order valence-electron chi connectivity index (χ4n) is 2.41. The minimum Gasteiger partial charge on any atom is -0.298 e. The summed E-state index contributed by atoms with van der Waals surface area (Å²) in [7, 11) is 0. The van der Waals surface area contributed by atoms with Crippen molar-refractivity contribution in [2.24, 2.45) is 0 Å². The molecule has 1 heterocycles. The zero-order chi connectivity index (χ0) is 17.8. The van der Waals surface area contributed by atoms with E-state index in [2.05, 4.69) is 10.3 Å². The van der Waals surface area contributed by atoms with Crippen molar-refractivity contribution >= 4 is 28.1 Å². The number of carbonyl (C=O) groups excluding carboxylic acids is 1. The second-order valence-electron chi connectivity index (χ2n) is 5.51. The van der Waals surface area contributed by atoms with Crippen molar-refractivity contribution in [1.29, 1.82) is 0 Å². The molecule has 1 N–H and O–H groups in total. The molecule has 7 heteroatoms. The highest BCUT2D eigenvalue weighted by atomic mass is 32.1. The maximum atomic E-state index is 12.3. The Bertz CT molecular complexity index is 922. The molecule has 1 amide bonds. The van der Waals surface area contributed by atoms with Crippen molar-refractivity contribution in [3.8, 4) is 0 Å². The molecule has 0 aliphatic rings. The van der Waals surface area contributed by atoms with Crippen LogP contribution in [-0.2, 0) is 6.42 Å². The number of aryl methyl sites for hydroxylation is 1. The lowest BCUT2D eigenvalue weighted by Gasteiger charge is -2.03. The summed E-state index contributed by atoms with van der Waals surface area (Å²) in [5, 5.41) is 14.1. The van der Waals surface area contributed by atoms with Crippen LogP contribution in [0.2, 0.25) is 0 Å². The van der Waals surface area contributed by atoms with Crippen LogP contribution in [0, 0.1) is 17.0 Å². The zero-order valence-corrected chi connectivity index (χ0v) is 14.2. The molecule has 0 bridgehead atoms. The number of aromatic nitrogens is 1. The summed E-state index contributed by atoms with van der Waals surface area (Å²) in [4.78, 5) is 27.9. The molecule has 0 fully saturated rings. The Labute approximate surface area is 148 Å². The highest BCUT2D eigenvalue weighted by molar-refractivity contribution is 7.15. The van der Waals surface area contributed by atoms with E-state index in [9.17, 15) is 14.9 Å². The van der Waals surface area contributed by atoms with Gasteiger partial charge in [0.05, 0.1) is 4.92 Å². The summed E-state index contributed by atoms with van der Waals surface area (Å²) in [6, 6.07) is 14.3. The van der Waals surface area contributed by atoms with Gasteiger partial charge in [-0.15, -0.1) is 11.3 Å². The van der Waals surface area contributed by atoms with Gasteiger partial charge in [0.15, 0.2) is 5.13 Å². The van der Waals surface area contributed by atoms with Gasteiger partial charge >= 0.3 is 0 Å². The molecule has 0 saturated carbocycles. The van der Waals surface area contributed by atoms with E-state index < -0.39 is 4.92 Å². The van der Waals surface area contributed by atoms with Gasteiger partial charge in [0, 0.05) is 34.7 Å². The van der Waals surface area contributed by atoms with Crippen LogP contribution in [-0.4, -0.2) is 15.8 Å². The van der Waals surface area contributed by atoms with Gasteiger partial charge in [-0.05, 0) is 24.6 Å². The molecule has 0 spiro atoms.